The third-order valence-corrected chi connectivity index (χ3v) is 5.02. The van der Waals surface area contributed by atoms with Crippen LogP contribution in [-0.2, 0) is 6.61 Å². The van der Waals surface area contributed by atoms with Gasteiger partial charge in [-0.15, -0.1) is 10.2 Å². The first kappa shape index (κ1) is 22.0. The molecular formula is C20H19ClF2N4O2S. The third kappa shape index (κ3) is 5.09. The van der Waals surface area contributed by atoms with Crippen molar-refractivity contribution in [1.82, 2.24) is 14.9 Å². The maximum absolute atomic E-state index is 13.1. The number of hydrogen-bond acceptors (Lipinski definition) is 6. The summed E-state index contributed by atoms with van der Waals surface area (Å²) in [6.07, 6.45) is 0.399. The van der Waals surface area contributed by atoms with Crippen molar-refractivity contribution in [2.24, 2.45) is 5.10 Å². The van der Waals surface area contributed by atoms with Crippen LogP contribution in [-0.4, -0.2) is 34.5 Å². The van der Waals surface area contributed by atoms with Crippen LogP contribution in [0, 0.1) is 6.92 Å². The zero-order valence-corrected chi connectivity index (χ0v) is 18.0. The van der Waals surface area contributed by atoms with Crippen LogP contribution in [0.5, 0.6) is 11.5 Å². The second kappa shape index (κ2) is 9.90. The molecule has 158 valence electrons. The number of aryl methyl sites for hydroxylation is 1. The van der Waals surface area contributed by atoms with Crippen molar-refractivity contribution >= 4 is 29.6 Å². The minimum Gasteiger partial charge on any atom is -0.496 e. The summed E-state index contributed by atoms with van der Waals surface area (Å²) in [6, 6.07) is 10.7. The van der Waals surface area contributed by atoms with E-state index in [0.717, 1.165) is 15.8 Å². The Morgan fingerprint density at radius 3 is 2.63 bits per heavy atom. The maximum atomic E-state index is 13.1. The molecule has 10 heteroatoms. The number of nitrogens with zero attached hydrogens (tertiary/aromatic N) is 4. The van der Waals surface area contributed by atoms with Crippen LogP contribution in [0.1, 0.15) is 28.9 Å². The van der Waals surface area contributed by atoms with Gasteiger partial charge in [-0.2, -0.15) is 9.78 Å². The van der Waals surface area contributed by atoms with Gasteiger partial charge in [-0.3, -0.25) is 0 Å². The Morgan fingerprint density at radius 2 is 1.97 bits per heavy atom. The van der Waals surface area contributed by atoms with Gasteiger partial charge in [0.05, 0.1) is 13.3 Å². The molecule has 1 aromatic heterocycles. The minimum absolute atomic E-state index is 0.248. The van der Waals surface area contributed by atoms with Crippen molar-refractivity contribution < 1.29 is 18.3 Å². The molecule has 1 heterocycles. The molecule has 0 aliphatic rings. The van der Waals surface area contributed by atoms with E-state index in [9.17, 15) is 8.78 Å². The lowest BCUT2D eigenvalue weighted by Crippen LogP contribution is -2.02. The number of alkyl halides is 2. The summed E-state index contributed by atoms with van der Waals surface area (Å²) in [5, 5.41) is 12.3. The summed E-state index contributed by atoms with van der Waals surface area (Å²) >= 11 is 7.16. The number of thioether (sulfide) groups is 1. The first-order valence-electron chi connectivity index (χ1n) is 8.80. The molecule has 0 unspecified atom stereocenters. The molecule has 6 nitrogen and oxygen atoms in total. The molecule has 0 amide bonds. The SMILES string of the molecule is COc1ccc(/C=N\n2c(SC)nnc2C(F)F)cc1COc1ccc(Cl)cc1C. The Bertz CT molecular complexity index is 1060. The van der Waals surface area contributed by atoms with E-state index in [1.807, 2.05) is 19.1 Å². The van der Waals surface area contributed by atoms with Gasteiger partial charge in [0.15, 0.2) is 0 Å². The molecule has 0 fully saturated rings. The molecule has 0 radical (unpaired) electrons. The van der Waals surface area contributed by atoms with Gasteiger partial charge in [0.25, 0.3) is 6.43 Å². The summed E-state index contributed by atoms with van der Waals surface area (Å²) in [5.74, 6) is 0.836. The lowest BCUT2D eigenvalue weighted by Gasteiger charge is -2.13. The van der Waals surface area contributed by atoms with E-state index in [-0.39, 0.29) is 11.8 Å². The van der Waals surface area contributed by atoms with Gasteiger partial charge >= 0.3 is 0 Å². The van der Waals surface area contributed by atoms with Crippen LogP contribution < -0.4 is 9.47 Å². The van der Waals surface area contributed by atoms with E-state index in [2.05, 4.69) is 15.3 Å². The van der Waals surface area contributed by atoms with Crippen LogP contribution >= 0.6 is 23.4 Å². The Kier molecular flexibility index (Phi) is 7.28. The van der Waals surface area contributed by atoms with Crippen LogP contribution in [0.2, 0.25) is 5.02 Å². The third-order valence-electron chi connectivity index (χ3n) is 4.16. The first-order chi connectivity index (χ1) is 14.4. The Hall–Kier alpha value is -2.65. The molecule has 0 aliphatic heterocycles. The highest BCUT2D eigenvalue weighted by Gasteiger charge is 2.19. The van der Waals surface area contributed by atoms with Crippen LogP contribution in [0.3, 0.4) is 0 Å². The summed E-state index contributed by atoms with van der Waals surface area (Å²) in [5.41, 5.74) is 2.37. The highest BCUT2D eigenvalue weighted by Crippen LogP contribution is 2.26. The average Bonchev–Trinajstić information content (AvgIpc) is 3.15. The molecule has 0 N–H and O–H groups in total. The van der Waals surface area contributed by atoms with Crippen molar-refractivity contribution in [2.45, 2.75) is 25.1 Å². The van der Waals surface area contributed by atoms with E-state index >= 15 is 0 Å². The predicted molar refractivity (Wildman–Crippen MR) is 113 cm³/mol. The van der Waals surface area contributed by atoms with E-state index in [4.69, 9.17) is 21.1 Å². The van der Waals surface area contributed by atoms with Crippen molar-refractivity contribution in [3.8, 4) is 11.5 Å². The molecule has 2 aromatic carbocycles. The standard InChI is InChI=1S/C20H19ClF2N4O2S/c1-12-8-15(21)5-7-16(12)29-11-14-9-13(4-6-17(14)28-2)10-24-27-19(18(22)23)25-26-20(27)30-3/h4-10,18H,11H2,1-3H3/b24-10-. The first-order valence-corrected chi connectivity index (χ1v) is 10.4. The van der Waals surface area contributed by atoms with Gasteiger partial charge in [-0.1, -0.05) is 23.4 Å². The lowest BCUT2D eigenvalue weighted by atomic mass is 10.1. The molecule has 0 saturated carbocycles. The predicted octanol–water partition coefficient (Wildman–Crippen LogP) is 5.37. The fraction of sp³-hybridized carbons (Fsp3) is 0.250. The molecule has 0 aliphatic carbocycles. The van der Waals surface area contributed by atoms with E-state index in [0.29, 0.717) is 22.1 Å². The summed E-state index contributed by atoms with van der Waals surface area (Å²) in [7, 11) is 1.57. The molecule has 3 rings (SSSR count). The van der Waals surface area contributed by atoms with Gasteiger partial charge in [0.2, 0.25) is 11.0 Å². The number of rotatable bonds is 8. The highest BCUT2D eigenvalue weighted by molar-refractivity contribution is 7.98. The van der Waals surface area contributed by atoms with Gasteiger partial charge in [-0.25, -0.2) is 8.78 Å². The Labute approximate surface area is 181 Å². The monoisotopic (exact) mass is 452 g/mol. The lowest BCUT2D eigenvalue weighted by molar-refractivity contribution is 0.135. The number of ether oxygens (including phenoxy) is 2. The number of aromatic nitrogens is 3. The van der Waals surface area contributed by atoms with Crippen molar-refractivity contribution in [3.63, 3.8) is 0 Å². The van der Waals surface area contributed by atoms with Crippen molar-refractivity contribution in [2.75, 3.05) is 13.4 Å². The largest absolute Gasteiger partial charge is 0.496 e. The van der Waals surface area contributed by atoms with Crippen molar-refractivity contribution in [3.05, 3.63) is 63.9 Å². The van der Waals surface area contributed by atoms with Crippen molar-refractivity contribution in [1.29, 1.82) is 0 Å². The smallest absolute Gasteiger partial charge is 0.299 e. The second-order valence-electron chi connectivity index (χ2n) is 6.17. The summed E-state index contributed by atoms with van der Waals surface area (Å²) < 4.78 is 38.6. The van der Waals surface area contributed by atoms with Crippen LogP contribution in [0.15, 0.2) is 46.7 Å². The van der Waals surface area contributed by atoms with Gasteiger partial charge in [-0.05, 0) is 60.7 Å². The van der Waals surface area contributed by atoms with E-state index in [1.54, 1.807) is 37.6 Å². The number of hydrogen-bond donors (Lipinski definition) is 0. The number of methoxy groups -OCH3 is 1. The minimum atomic E-state index is -2.78. The van der Waals surface area contributed by atoms with Gasteiger partial charge in [0, 0.05) is 10.6 Å². The summed E-state index contributed by atoms with van der Waals surface area (Å²) in [6.45, 7) is 2.16. The molecule has 0 atom stereocenters. The Morgan fingerprint density at radius 1 is 1.20 bits per heavy atom. The fourth-order valence-electron chi connectivity index (χ4n) is 2.69. The Balaban J connectivity index is 1.84. The molecule has 0 saturated heterocycles. The summed E-state index contributed by atoms with van der Waals surface area (Å²) in [4.78, 5) is 0. The maximum Gasteiger partial charge on any atom is 0.299 e. The zero-order valence-electron chi connectivity index (χ0n) is 16.5. The molecule has 0 spiro atoms. The number of halogens is 3. The normalized spacial score (nSPS) is 11.4. The number of benzene rings is 2. The van der Waals surface area contributed by atoms with Crippen LogP contribution in [0.25, 0.3) is 0 Å². The fourth-order valence-corrected chi connectivity index (χ4v) is 3.36. The van der Waals surface area contributed by atoms with Gasteiger partial charge in [0.1, 0.15) is 18.1 Å². The second-order valence-corrected chi connectivity index (χ2v) is 7.38. The van der Waals surface area contributed by atoms with Crippen LogP contribution in [0.4, 0.5) is 8.78 Å². The van der Waals surface area contributed by atoms with Gasteiger partial charge < -0.3 is 9.47 Å². The molecule has 3 aromatic rings. The molecular weight excluding hydrogens is 434 g/mol. The zero-order chi connectivity index (χ0) is 21.7. The quantitative estimate of drug-likeness (QED) is 0.339. The molecule has 30 heavy (non-hydrogen) atoms. The average molecular weight is 453 g/mol. The topological polar surface area (TPSA) is 61.5 Å². The van der Waals surface area contributed by atoms with E-state index in [1.165, 1.54) is 18.0 Å². The molecule has 0 bridgehead atoms. The highest BCUT2D eigenvalue weighted by atomic mass is 35.5. The van der Waals surface area contributed by atoms with E-state index < -0.39 is 12.2 Å².